The van der Waals surface area contributed by atoms with Gasteiger partial charge >= 0.3 is 5.97 Å². The Morgan fingerprint density at radius 3 is 2.54 bits per heavy atom. The Morgan fingerprint density at radius 2 is 1.89 bits per heavy atom. The minimum absolute atomic E-state index is 0.175. The molecule has 1 atom stereocenters. The van der Waals surface area contributed by atoms with Crippen LogP contribution in [0.5, 0.6) is 11.5 Å². The SMILES string of the molecule is CCOc1c(Cl)cc(C(=O)OC(C)C(=O)NCCc2ccccc2)cc1OC. The molecule has 1 unspecified atom stereocenters. The van der Waals surface area contributed by atoms with Crippen LogP contribution in [-0.2, 0) is 16.0 Å². The van der Waals surface area contributed by atoms with Crippen LogP contribution in [0.25, 0.3) is 0 Å². The second kappa shape index (κ2) is 10.6. The summed E-state index contributed by atoms with van der Waals surface area (Å²) in [6.45, 7) is 4.19. The Hall–Kier alpha value is -2.73. The van der Waals surface area contributed by atoms with Crippen LogP contribution in [0.1, 0.15) is 29.8 Å². The van der Waals surface area contributed by atoms with Gasteiger partial charge in [-0.2, -0.15) is 0 Å². The number of hydrogen-bond acceptors (Lipinski definition) is 5. The lowest BCUT2D eigenvalue weighted by atomic mass is 10.1. The van der Waals surface area contributed by atoms with Crippen LogP contribution in [0.2, 0.25) is 5.02 Å². The standard InChI is InChI=1S/C21H24ClNO5/c1-4-27-19-17(22)12-16(13-18(19)26-3)21(25)28-14(2)20(24)23-11-10-15-8-6-5-7-9-15/h5-9,12-14H,4,10-11H2,1-3H3,(H,23,24). The summed E-state index contributed by atoms with van der Waals surface area (Å²) in [5, 5.41) is 2.99. The predicted molar refractivity (Wildman–Crippen MR) is 107 cm³/mol. The summed E-state index contributed by atoms with van der Waals surface area (Å²) in [6, 6.07) is 12.7. The van der Waals surface area contributed by atoms with Gasteiger partial charge in [-0.25, -0.2) is 4.79 Å². The van der Waals surface area contributed by atoms with Gasteiger partial charge in [0.05, 0.1) is 24.3 Å². The Morgan fingerprint density at radius 1 is 1.18 bits per heavy atom. The molecule has 0 saturated carbocycles. The van der Waals surface area contributed by atoms with Crippen LogP contribution in [0, 0.1) is 0 Å². The second-order valence-electron chi connectivity index (χ2n) is 6.00. The lowest BCUT2D eigenvalue weighted by Gasteiger charge is -2.15. The lowest BCUT2D eigenvalue weighted by molar-refractivity contribution is -0.129. The van der Waals surface area contributed by atoms with Gasteiger partial charge in [-0.3, -0.25) is 4.79 Å². The number of halogens is 1. The quantitative estimate of drug-likeness (QED) is 0.644. The van der Waals surface area contributed by atoms with Crippen molar-refractivity contribution in [3.63, 3.8) is 0 Å². The zero-order chi connectivity index (χ0) is 20.5. The van der Waals surface area contributed by atoms with Crippen LogP contribution in [0.15, 0.2) is 42.5 Å². The van der Waals surface area contributed by atoms with E-state index in [4.69, 9.17) is 25.8 Å². The fourth-order valence-corrected chi connectivity index (χ4v) is 2.79. The van der Waals surface area contributed by atoms with Gasteiger partial charge in [0, 0.05) is 6.54 Å². The fraction of sp³-hybridized carbons (Fsp3) is 0.333. The van der Waals surface area contributed by atoms with Crippen LogP contribution in [-0.4, -0.2) is 38.2 Å². The maximum absolute atomic E-state index is 12.4. The van der Waals surface area contributed by atoms with Gasteiger partial charge in [-0.15, -0.1) is 0 Å². The highest BCUT2D eigenvalue weighted by atomic mass is 35.5. The monoisotopic (exact) mass is 405 g/mol. The highest BCUT2D eigenvalue weighted by molar-refractivity contribution is 6.32. The van der Waals surface area contributed by atoms with Gasteiger partial charge in [0.25, 0.3) is 5.91 Å². The summed E-state index contributed by atoms with van der Waals surface area (Å²) in [6.07, 6.45) is -0.251. The number of rotatable bonds is 9. The molecule has 0 aliphatic heterocycles. The van der Waals surface area contributed by atoms with E-state index in [9.17, 15) is 9.59 Å². The largest absolute Gasteiger partial charge is 0.493 e. The molecule has 0 saturated heterocycles. The Balaban J connectivity index is 1.93. The lowest BCUT2D eigenvalue weighted by Crippen LogP contribution is -2.36. The number of benzene rings is 2. The molecule has 28 heavy (non-hydrogen) atoms. The topological polar surface area (TPSA) is 73.9 Å². The van der Waals surface area contributed by atoms with Crippen molar-refractivity contribution in [2.24, 2.45) is 0 Å². The summed E-state index contributed by atoms with van der Waals surface area (Å²) >= 11 is 6.17. The summed E-state index contributed by atoms with van der Waals surface area (Å²) in [7, 11) is 1.45. The van der Waals surface area contributed by atoms with Crippen molar-refractivity contribution in [1.29, 1.82) is 0 Å². The van der Waals surface area contributed by atoms with E-state index in [2.05, 4.69) is 5.32 Å². The van der Waals surface area contributed by atoms with Crippen LogP contribution < -0.4 is 14.8 Å². The molecule has 0 radical (unpaired) electrons. The Labute approximate surface area is 169 Å². The van der Waals surface area contributed by atoms with Crippen molar-refractivity contribution in [3.8, 4) is 11.5 Å². The van der Waals surface area contributed by atoms with Gasteiger partial charge in [0.15, 0.2) is 17.6 Å². The van der Waals surface area contributed by atoms with E-state index >= 15 is 0 Å². The first-order valence-corrected chi connectivity index (χ1v) is 9.37. The molecule has 2 rings (SSSR count). The molecule has 1 amide bonds. The third-order valence-corrected chi connectivity index (χ3v) is 4.24. The van der Waals surface area contributed by atoms with E-state index in [1.165, 1.54) is 26.2 Å². The van der Waals surface area contributed by atoms with Crippen molar-refractivity contribution in [1.82, 2.24) is 5.32 Å². The molecule has 0 aromatic heterocycles. The number of amides is 1. The summed E-state index contributed by atoms with van der Waals surface area (Å²) in [4.78, 5) is 24.6. The Kier molecular flexibility index (Phi) is 8.14. The summed E-state index contributed by atoms with van der Waals surface area (Å²) in [5.74, 6) is -0.363. The molecule has 0 fully saturated rings. The van der Waals surface area contributed by atoms with E-state index in [0.717, 1.165) is 5.56 Å². The minimum atomic E-state index is -0.945. The molecule has 2 aromatic carbocycles. The number of carbonyl (C=O) groups excluding carboxylic acids is 2. The molecule has 150 valence electrons. The van der Waals surface area contributed by atoms with Crippen molar-refractivity contribution >= 4 is 23.5 Å². The van der Waals surface area contributed by atoms with E-state index in [0.29, 0.717) is 31.1 Å². The van der Waals surface area contributed by atoms with Crippen molar-refractivity contribution < 1.29 is 23.8 Å². The van der Waals surface area contributed by atoms with Crippen molar-refractivity contribution in [2.45, 2.75) is 26.4 Å². The van der Waals surface area contributed by atoms with E-state index in [1.54, 1.807) is 0 Å². The molecule has 1 N–H and O–H groups in total. The van der Waals surface area contributed by atoms with Crippen LogP contribution in [0.4, 0.5) is 0 Å². The molecule has 0 aliphatic rings. The molecule has 0 aliphatic carbocycles. The summed E-state index contributed by atoms with van der Waals surface area (Å²) in [5.41, 5.74) is 1.29. The van der Waals surface area contributed by atoms with E-state index < -0.39 is 12.1 Å². The fourth-order valence-electron chi connectivity index (χ4n) is 2.52. The zero-order valence-electron chi connectivity index (χ0n) is 16.2. The number of ether oxygens (including phenoxy) is 3. The molecule has 0 spiro atoms. The van der Waals surface area contributed by atoms with Crippen molar-refractivity contribution in [3.05, 3.63) is 58.6 Å². The molecule has 2 aromatic rings. The first-order chi connectivity index (χ1) is 13.5. The first kappa shape index (κ1) is 21.6. The normalized spacial score (nSPS) is 11.4. The summed E-state index contributed by atoms with van der Waals surface area (Å²) < 4.78 is 15.9. The Bertz CT molecular complexity index is 810. The number of carbonyl (C=O) groups is 2. The third kappa shape index (κ3) is 5.89. The van der Waals surface area contributed by atoms with Gasteiger partial charge in [0.1, 0.15) is 0 Å². The van der Waals surface area contributed by atoms with Crippen LogP contribution >= 0.6 is 11.6 Å². The zero-order valence-corrected chi connectivity index (χ0v) is 16.9. The molecule has 0 bridgehead atoms. The number of hydrogen-bond donors (Lipinski definition) is 1. The maximum Gasteiger partial charge on any atom is 0.339 e. The average molecular weight is 406 g/mol. The number of methoxy groups -OCH3 is 1. The van der Waals surface area contributed by atoms with Gasteiger partial charge < -0.3 is 19.5 Å². The van der Waals surface area contributed by atoms with Gasteiger partial charge in [0.2, 0.25) is 0 Å². The molecule has 0 heterocycles. The minimum Gasteiger partial charge on any atom is -0.493 e. The maximum atomic E-state index is 12.4. The molecular formula is C21H24ClNO5. The van der Waals surface area contributed by atoms with Crippen LogP contribution in [0.3, 0.4) is 0 Å². The first-order valence-electron chi connectivity index (χ1n) is 8.99. The second-order valence-corrected chi connectivity index (χ2v) is 6.40. The smallest absolute Gasteiger partial charge is 0.339 e. The number of esters is 1. The van der Waals surface area contributed by atoms with E-state index in [-0.39, 0.29) is 16.5 Å². The average Bonchev–Trinajstić information content (AvgIpc) is 2.69. The number of nitrogens with one attached hydrogen (secondary N) is 1. The highest BCUT2D eigenvalue weighted by Gasteiger charge is 2.21. The molecule has 6 nitrogen and oxygen atoms in total. The van der Waals surface area contributed by atoms with E-state index in [1.807, 2.05) is 37.3 Å². The molecule has 7 heteroatoms. The van der Waals surface area contributed by atoms with Crippen molar-refractivity contribution in [2.75, 3.05) is 20.3 Å². The predicted octanol–water partition coefficient (Wildman–Crippen LogP) is 3.65. The van der Waals surface area contributed by atoms with Gasteiger partial charge in [-0.05, 0) is 38.0 Å². The third-order valence-electron chi connectivity index (χ3n) is 3.96. The highest BCUT2D eigenvalue weighted by Crippen LogP contribution is 2.36. The molecular weight excluding hydrogens is 382 g/mol. The van der Waals surface area contributed by atoms with Gasteiger partial charge in [-0.1, -0.05) is 41.9 Å².